The normalized spacial score (nSPS) is 19.3. The number of nitrogens with zero attached hydrogens (tertiary/aromatic N) is 1. The highest BCUT2D eigenvalue weighted by Crippen LogP contribution is 2.33. The van der Waals surface area contributed by atoms with E-state index in [9.17, 15) is 9.90 Å². The molecule has 0 aliphatic carbocycles. The second kappa shape index (κ2) is 5.54. The SMILES string of the molecule is CN(CC1(O)CCOCC1)C(=O)c1ccc2c(c1)OCO2. The van der Waals surface area contributed by atoms with Gasteiger partial charge in [-0.25, -0.2) is 0 Å². The summed E-state index contributed by atoms with van der Waals surface area (Å²) in [5.74, 6) is 1.09. The van der Waals surface area contributed by atoms with Gasteiger partial charge in [-0.05, 0) is 18.2 Å². The van der Waals surface area contributed by atoms with Gasteiger partial charge in [-0.2, -0.15) is 0 Å². The Labute approximate surface area is 123 Å². The summed E-state index contributed by atoms with van der Waals surface area (Å²) in [6.45, 7) is 1.54. The molecule has 1 aromatic rings. The van der Waals surface area contributed by atoms with E-state index < -0.39 is 5.60 Å². The van der Waals surface area contributed by atoms with Crippen molar-refractivity contribution in [2.75, 3.05) is 33.6 Å². The summed E-state index contributed by atoms with van der Waals surface area (Å²) >= 11 is 0. The highest BCUT2D eigenvalue weighted by Gasteiger charge is 2.32. The van der Waals surface area contributed by atoms with Gasteiger partial charge >= 0.3 is 0 Å². The third-order valence-electron chi connectivity index (χ3n) is 3.92. The lowest BCUT2D eigenvalue weighted by molar-refractivity contribution is -0.0734. The lowest BCUT2D eigenvalue weighted by Crippen LogP contribution is -2.47. The van der Waals surface area contributed by atoms with Crippen LogP contribution >= 0.6 is 0 Å². The van der Waals surface area contributed by atoms with Crippen LogP contribution in [0.15, 0.2) is 18.2 Å². The van der Waals surface area contributed by atoms with Crippen molar-refractivity contribution in [3.05, 3.63) is 23.8 Å². The molecule has 0 unspecified atom stereocenters. The van der Waals surface area contributed by atoms with Crippen LogP contribution in [-0.2, 0) is 4.74 Å². The molecule has 1 N–H and O–H groups in total. The minimum absolute atomic E-state index is 0.145. The smallest absolute Gasteiger partial charge is 0.253 e. The van der Waals surface area contributed by atoms with Gasteiger partial charge in [0.2, 0.25) is 6.79 Å². The van der Waals surface area contributed by atoms with E-state index in [-0.39, 0.29) is 12.7 Å². The Hall–Kier alpha value is -1.79. The summed E-state index contributed by atoms with van der Waals surface area (Å²) in [6.07, 6.45) is 1.09. The molecule has 1 saturated heterocycles. The summed E-state index contributed by atoms with van der Waals surface area (Å²) in [7, 11) is 1.69. The first-order valence-corrected chi connectivity index (χ1v) is 7.03. The van der Waals surface area contributed by atoms with Crippen molar-refractivity contribution in [1.82, 2.24) is 4.90 Å². The van der Waals surface area contributed by atoms with Gasteiger partial charge in [0, 0.05) is 45.2 Å². The van der Waals surface area contributed by atoms with Gasteiger partial charge in [-0.1, -0.05) is 0 Å². The van der Waals surface area contributed by atoms with Gasteiger partial charge in [0.15, 0.2) is 11.5 Å². The first kappa shape index (κ1) is 14.2. The third kappa shape index (κ3) is 2.96. The van der Waals surface area contributed by atoms with Gasteiger partial charge in [-0.3, -0.25) is 4.79 Å². The Kier molecular flexibility index (Phi) is 3.73. The largest absolute Gasteiger partial charge is 0.454 e. The lowest BCUT2D eigenvalue weighted by Gasteiger charge is -2.35. The Bertz CT molecular complexity index is 539. The second-order valence-corrected chi connectivity index (χ2v) is 5.57. The van der Waals surface area contributed by atoms with Crippen molar-refractivity contribution in [2.45, 2.75) is 18.4 Å². The molecular weight excluding hydrogens is 274 g/mol. The second-order valence-electron chi connectivity index (χ2n) is 5.57. The Morgan fingerprint density at radius 1 is 1.29 bits per heavy atom. The molecule has 2 aliphatic rings. The number of carbonyl (C=O) groups excluding carboxylic acids is 1. The monoisotopic (exact) mass is 293 g/mol. The molecular formula is C15H19NO5. The number of benzene rings is 1. The lowest BCUT2D eigenvalue weighted by atomic mass is 9.93. The first-order valence-electron chi connectivity index (χ1n) is 7.03. The zero-order chi connectivity index (χ0) is 14.9. The minimum atomic E-state index is -0.862. The van der Waals surface area contributed by atoms with Gasteiger partial charge < -0.3 is 24.2 Å². The minimum Gasteiger partial charge on any atom is -0.454 e. The predicted molar refractivity (Wildman–Crippen MR) is 74.5 cm³/mol. The number of ether oxygens (including phenoxy) is 3. The summed E-state index contributed by atoms with van der Waals surface area (Å²) < 4.78 is 15.8. The molecule has 0 radical (unpaired) electrons. The quantitative estimate of drug-likeness (QED) is 0.901. The van der Waals surface area contributed by atoms with Crippen molar-refractivity contribution < 1.29 is 24.1 Å². The molecule has 6 heteroatoms. The van der Waals surface area contributed by atoms with E-state index >= 15 is 0 Å². The van der Waals surface area contributed by atoms with Crippen LogP contribution in [0.3, 0.4) is 0 Å². The Morgan fingerprint density at radius 2 is 2.00 bits per heavy atom. The van der Waals surface area contributed by atoms with E-state index in [2.05, 4.69) is 0 Å². The summed E-state index contributed by atoms with van der Waals surface area (Å²) in [5, 5.41) is 10.5. The van der Waals surface area contributed by atoms with E-state index in [4.69, 9.17) is 14.2 Å². The number of amides is 1. The van der Waals surface area contributed by atoms with Crippen molar-refractivity contribution in [2.24, 2.45) is 0 Å². The number of aliphatic hydroxyl groups is 1. The van der Waals surface area contributed by atoms with Gasteiger partial charge in [0.25, 0.3) is 5.91 Å². The standard InChI is InChI=1S/C15H19NO5/c1-16(9-15(18)4-6-19-7-5-15)14(17)11-2-3-12-13(8-11)21-10-20-12/h2-3,8,18H,4-7,9-10H2,1H3. The van der Waals surface area contributed by atoms with Crippen LogP contribution in [0.1, 0.15) is 23.2 Å². The topological polar surface area (TPSA) is 68.2 Å². The molecule has 2 heterocycles. The average molecular weight is 293 g/mol. The summed E-state index contributed by atoms with van der Waals surface area (Å²) in [4.78, 5) is 14.0. The van der Waals surface area contributed by atoms with Crippen LogP contribution in [-0.4, -0.2) is 55.1 Å². The van der Waals surface area contributed by atoms with Gasteiger partial charge in [0.1, 0.15) is 0 Å². The van der Waals surface area contributed by atoms with Crippen LogP contribution in [0.5, 0.6) is 11.5 Å². The highest BCUT2D eigenvalue weighted by atomic mass is 16.7. The molecule has 6 nitrogen and oxygen atoms in total. The van der Waals surface area contributed by atoms with Crippen LogP contribution < -0.4 is 9.47 Å². The molecule has 21 heavy (non-hydrogen) atoms. The van der Waals surface area contributed by atoms with E-state index in [1.54, 1.807) is 30.1 Å². The van der Waals surface area contributed by atoms with E-state index in [1.807, 2.05) is 0 Å². The van der Waals surface area contributed by atoms with Crippen molar-refractivity contribution >= 4 is 5.91 Å². The fourth-order valence-electron chi connectivity index (χ4n) is 2.67. The third-order valence-corrected chi connectivity index (χ3v) is 3.92. The summed E-state index contributed by atoms with van der Waals surface area (Å²) in [6, 6.07) is 5.11. The maximum atomic E-state index is 12.4. The molecule has 3 rings (SSSR count). The van der Waals surface area contributed by atoms with Crippen molar-refractivity contribution in [3.63, 3.8) is 0 Å². The molecule has 114 valence electrons. The maximum Gasteiger partial charge on any atom is 0.253 e. The van der Waals surface area contributed by atoms with Crippen LogP contribution in [0.2, 0.25) is 0 Å². The number of likely N-dealkylation sites (N-methyl/N-ethyl adjacent to an activating group) is 1. The van der Waals surface area contributed by atoms with Crippen molar-refractivity contribution in [1.29, 1.82) is 0 Å². The average Bonchev–Trinajstić information content (AvgIpc) is 2.94. The highest BCUT2D eigenvalue weighted by molar-refractivity contribution is 5.94. The number of carbonyl (C=O) groups is 1. The summed E-state index contributed by atoms with van der Waals surface area (Å²) in [5.41, 5.74) is -0.337. The fraction of sp³-hybridized carbons (Fsp3) is 0.533. The molecule has 0 aromatic heterocycles. The van der Waals surface area contributed by atoms with Crippen molar-refractivity contribution in [3.8, 4) is 11.5 Å². The molecule has 0 atom stereocenters. The molecule has 1 aromatic carbocycles. The zero-order valence-electron chi connectivity index (χ0n) is 12.0. The molecule has 2 aliphatic heterocycles. The number of fused-ring (bicyclic) bond motifs is 1. The zero-order valence-corrected chi connectivity index (χ0v) is 12.0. The Balaban J connectivity index is 1.69. The molecule has 1 amide bonds. The van der Waals surface area contributed by atoms with Gasteiger partial charge in [0.05, 0.1) is 5.60 Å². The molecule has 0 bridgehead atoms. The maximum absolute atomic E-state index is 12.4. The first-order chi connectivity index (χ1) is 10.1. The molecule has 0 spiro atoms. The van der Waals surface area contributed by atoms with E-state index in [0.717, 1.165) is 0 Å². The Morgan fingerprint density at radius 3 is 2.76 bits per heavy atom. The molecule has 1 fully saturated rings. The number of hydrogen-bond donors (Lipinski definition) is 1. The van der Waals surface area contributed by atoms with Crippen LogP contribution in [0, 0.1) is 0 Å². The van der Waals surface area contributed by atoms with Crippen LogP contribution in [0.4, 0.5) is 0 Å². The predicted octanol–water partition coefficient (Wildman–Crippen LogP) is 1.03. The van der Waals surface area contributed by atoms with Crippen LogP contribution in [0.25, 0.3) is 0 Å². The van der Waals surface area contributed by atoms with E-state index in [1.165, 1.54) is 0 Å². The van der Waals surface area contributed by atoms with Gasteiger partial charge in [-0.15, -0.1) is 0 Å². The number of rotatable bonds is 3. The molecule has 0 saturated carbocycles. The fourth-order valence-corrected chi connectivity index (χ4v) is 2.67. The number of hydrogen-bond acceptors (Lipinski definition) is 5. The van der Waals surface area contributed by atoms with E-state index in [0.29, 0.717) is 49.7 Å².